The maximum absolute atomic E-state index is 12.1. The summed E-state index contributed by atoms with van der Waals surface area (Å²) in [7, 11) is 0. The van der Waals surface area contributed by atoms with E-state index in [9.17, 15) is 9.59 Å². The van der Waals surface area contributed by atoms with Crippen molar-refractivity contribution >= 4 is 11.9 Å². The Balaban J connectivity index is 2.21. The second-order valence-electron chi connectivity index (χ2n) is 6.04. The lowest BCUT2D eigenvalue weighted by Gasteiger charge is -2.32. The Bertz CT molecular complexity index is 335. The zero-order valence-corrected chi connectivity index (χ0v) is 14.4. The van der Waals surface area contributed by atoms with Crippen LogP contribution in [-0.2, 0) is 4.79 Å². The first-order valence-electron chi connectivity index (χ1n) is 8.59. The molecule has 1 aliphatic heterocycles. The molecule has 0 unspecified atom stereocenters. The van der Waals surface area contributed by atoms with Crippen LogP contribution < -0.4 is 10.6 Å². The largest absolute Gasteiger partial charge is 0.353 e. The average Bonchev–Trinajstić information content (AvgIpc) is 2.47. The molecule has 2 N–H and O–H groups in total. The van der Waals surface area contributed by atoms with Crippen molar-refractivity contribution in [1.82, 2.24) is 20.4 Å². The standard InChI is InChI=1S/C16H32N4O2/c1-4-9-19(10-5-2)13-8-17-16(22)20-11-6-15(7-12-20)18-14(3)21/h15H,4-13H2,1-3H3,(H,17,22)(H,18,21). The third-order valence-corrected chi connectivity index (χ3v) is 3.97. The Kier molecular flexibility index (Phi) is 8.89. The summed E-state index contributed by atoms with van der Waals surface area (Å²) in [5.74, 6) is 0.00911. The van der Waals surface area contributed by atoms with Crippen LogP contribution in [0.15, 0.2) is 0 Å². The first-order chi connectivity index (χ1) is 10.6. The minimum atomic E-state index is 0.00911. The predicted molar refractivity (Wildman–Crippen MR) is 88.8 cm³/mol. The van der Waals surface area contributed by atoms with E-state index >= 15 is 0 Å². The van der Waals surface area contributed by atoms with Gasteiger partial charge in [-0.25, -0.2) is 4.79 Å². The molecule has 3 amide bonds. The maximum atomic E-state index is 12.1. The van der Waals surface area contributed by atoms with Crippen molar-refractivity contribution < 1.29 is 9.59 Å². The summed E-state index contributed by atoms with van der Waals surface area (Å²) >= 11 is 0. The molecule has 1 rings (SSSR count). The van der Waals surface area contributed by atoms with Crippen LogP contribution in [0, 0.1) is 0 Å². The zero-order chi connectivity index (χ0) is 16.4. The van der Waals surface area contributed by atoms with E-state index in [2.05, 4.69) is 29.4 Å². The van der Waals surface area contributed by atoms with E-state index in [1.165, 1.54) is 6.92 Å². The van der Waals surface area contributed by atoms with Crippen LogP contribution >= 0.6 is 0 Å². The molecule has 1 heterocycles. The predicted octanol–water partition coefficient (Wildman–Crippen LogP) is 1.42. The molecular formula is C16H32N4O2. The highest BCUT2D eigenvalue weighted by molar-refractivity contribution is 5.74. The number of carbonyl (C=O) groups excluding carboxylic acids is 2. The Morgan fingerprint density at radius 1 is 1.09 bits per heavy atom. The van der Waals surface area contributed by atoms with Crippen molar-refractivity contribution in [3.63, 3.8) is 0 Å². The fourth-order valence-corrected chi connectivity index (χ4v) is 2.91. The number of nitrogens with one attached hydrogen (secondary N) is 2. The quantitative estimate of drug-likeness (QED) is 0.712. The molecule has 0 radical (unpaired) electrons. The third kappa shape index (κ3) is 7.11. The van der Waals surface area contributed by atoms with Gasteiger partial charge in [0.25, 0.3) is 0 Å². The van der Waals surface area contributed by atoms with Gasteiger partial charge in [0.2, 0.25) is 5.91 Å². The van der Waals surface area contributed by atoms with E-state index < -0.39 is 0 Å². The fraction of sp³-hybridized carbons (Fsp3) is 0.875. The van der Waals surface area contributed by atoms with Crippen molar-refractivity contribution in [1.29, 1.82) is 0 Å². The van der Waals surface area contributed by atoms with Crippen LogP contribution in [0.5, 0.6) is 0 Å². The molecule has 0 atom stereocenters. The smallest absolute Gasteiger partial charge is 0.317 e. The molecule has 128 valence electrons. The number of nitrogens with zero attached hydrogens (tertiary/aromatic N) is 2. The summed E-state index contributed by atoms with van der Waals surface area (Å²) in [6, 6.07) is 0.236. The van der Waals surface area contributed by atoms with E-state index in [1.54, 1.807) is 0 Å². The second-order valence-corrected chi connectivity index (χ2v) is 6.04. The van der Waals surface area contributed by atoms with E-state index in [0.29, 0.717) is 19.6 Å². The van der Waals surface area contributed by atoms with Gasteiger partial charge < -0.3 is 20.4 Å². The van der Waals surface area contributed by atoms with Gasteiger partial charge in [0, 0.05) is 39.1 Å². The van der Waals surface area contributed by atoms with Crippen LogP contribution in [0.25, 0.3) is 0 Å². The average molecular weight is 312 g/mol. The normalized spacial score (nSPS) is 15.9. The number of amides is 3. The first kappa shape index (κ1) is 18.7. The molecule has 0 aromatic rings. The van der Waals surface area contributed by atoms with Gasteiger partial charge in [0.05, 0.1) is 0 Å². The monoisotopic (exact) mass is 312 g/mol. The molecule has 0 saturated carbocycles. The van der Waals surface area contributed by atoms with E-state index in [1.807, 2.05) is 4.90 Å². The Hall–Kier alpha value is -1.30. The minimum absolute atomic E-state index is 0.00911. The summed E-state index contributed by atoms with van der Waals surface area (Å²) in [6.07, 6.45) is 3.96. The van der Waals surface area contributed by atoms with Gasteiger partial charge in [-0.05, 0) is 38.8 Å². The highest BCUT2D eigenvalue weighted by Gasteiger charge is 2.22. The van der Waals surface area contributed by atoms with E-state index in [0.717, 1.165) is 45.3 Å². The van der Waals surface area contributed by atoms with Crippen LogP contribution in [0.2, 0.25) is 0 Å². The minimum Gasteiger partial charge on any atom is -0.353 e. The van der Waals surface area contributed by atoms with Crippen LogP contribution in [-0.4, -0.2) is 67.0 Å². The lowest BCUT2D eigenvalue weighted by atomic mass is 10.1. The fourth-order valence-electron chi connectivity index (χ4n) is 2.91. The van der Waals surface area contributed by atoms with Gasteiger partial charge in [-0.15, -0.1) is 0 Å². The number of hydrogen-bond acceptors (Lipinski definition) is 3. The van der Waals surface area contributed by atoms with E-state index in [-0.39, 0.29) is 18.0 Å². The van der Waals surface area contributed by atoms with Gasteiger partial charge in [-0.1, -0.05) is 13.8 Å². The maximum Gasteiger partial charge on any atom is 0.317 e. The van der Waals surface area contributed by atoms with Crippen LogP contribution in [0.3, 0.4) is 0 Å². The van der Waals surface area contributed by atoms with E-state index in [4.69, 9.17) is 0 Å². The molecule has 6 nitrogen and oxygen atoms in total. The van der Waals surface area contributed by atoms with Crippen molar-refractivity contribution in [3.8, 4) is 0 Å². The van der Waals surface area contributed by atoms with Gasteiger partial charge in [0.15, 0.2) is 0 Å². The van der Waals surface area contributed by atoms with Gasteiger partial charge in [-0.3, -0.25) is 4.79 Å². The molecule has 1 fully saturated rings. The summed E-state index contributed by atoms with van der Waals surface area (Å²) in [5.41, 5.74) is 0. The molecule has 22 heavy (non-hydrogen) atoms. The topological polar surface area (TPSA) is 64.7 Å². The summed E-state index contributed by atoms with van der Waals surface area (Å²) in [6.45, 7) is 11.1. The molecule has 6 heteroatoms. The van der Waals surface area contributed by atoms with Crippen molar-refractivity contribution in [2.75, 3.05) is 39.3 Å². The van der Waals surface area contributed by atoms with Crippen molar-refractivity contribution in [2.45, 2.75) is 52.5 Å². The van der Waals surface area contributed by atoms with Crippen LogP contribution in [0.1, 0.15) is 46.5 Å². The first-order valence-corrected chi connectivity index (χ1v) is 8.59. The van der Waals surface area contributed by atoms with Gasteiger partial charge in [0.1, 0.15) is 0 Å². The Morgan fingerprint density at radius 3 is 2.18 bits per heavy atom. The molecule has 1 aliphatic rings. The number of urea groups is 1. The number of carbonyl (C=O) groups is 2. The highest BCUT2D eigenvalue weighted by Crippen LogP contribution is 2.10. The molecule has 1 saturated heterocycles. The molecule has 0 aromatic carbocycles. The second kappa shape index (κ2) is 10.4. The summed E-state index contributed by atoms with van der Waals surface area (Å²) in [4.78, 5) is 27.4. The van der Waals surface area contributed by atoms with Crippen molar-refractivity contribution in [2.24, 2.45) is 0 Å². The molecule has 0 spiro atoms. The molecule has 0 aliphatic carbocycles. The molecule has 0 aromatic heterocycles. The van der Waals surface area contributed by atoms with Gasteiger partial charge >= 0.3 is 6.03 Å². The Labute approximate surface area is 134 Å². The Morgan fingerprint density at radius 2 is 1.68 bits per heavy atom. The number of hydrogen-bond donors (Lipinski definition) is 2. The third-order valence-electron chi connectivity index (χ3n) is 3.97. The highest BCUT2D eigenvalue weighted by atomic mass is 16.2. The molecule has 0 bridgehead atoms. The lowest BCUT2D eigenvalue weighted by molar-refractivity contribution is -0.119. The van der Waals surface area contributed by atoms with Crippen molar-refractivity contribution in [3.05, 3.63) is 0 Å². The SMILES string of the molecule is CCCN(CCC)CCNC(=O)N1CCC(NC(C)=O)CC1. The van der Waals surface area contributed by atoms with Gasteiger partial charge in [-0.2, -0.15) is 0 Å². The lowest BCUT2D eigenvalue weighted by Crippen LogP contribution is -2.50. The number of piperidine rings is 1. The summed E-state index contributed by atoms with van der Waals surface area (Å²) < 4.78 is 0. The molecular weight excluding hydrogens is 280 g/mol. The van der Waals surface area contributed by atoms with Crippen LogP contribution in [0.4, 0.5) is 4.79 Å². The summed E-state index contributed by atoms with van der Waals surface area (Å²) in [5, 5.41) is 5.94. The number of rotatable bonds is 8. The zero-order valence-electron chi connectivity index (χ0n) is 14.4. The number of likely N-dealkylation sites (tertiary alicyclic amines) is 1.